The van der Waals surface area contributed by atoms with Crippen LogP contribution in [0.5, 0.6) is 5.75 Å². The van der Waals surface area contributed by atoms with Crippen molar-refractivity contribution in [2.45, 2.75) is 38.8 Å². The van der Waals surface area contributed by atoms with Crippen molar-refractivity contribution in [3.63, 3.8) is 0 Å². The van der Waals surface area contributed by atoms with E-state index in [2.05, 4.69) is 15.0 Å². The zero-order chi connectivity index (χ0) is 23.6. The Balaban J connectivity index is 1.63. The van der Waals surface area contributed by atoms with E-state index in [1.54, 1.807) is 0 Å². The van der Waals surface area contributed by atoms with Gasteiger partial charge in [0.2, 0.25) is 10.0 Å². The van der Waals surface area contributed by atoms with Crippen LogP contribution in [0.15, 0.2) is 36.4 Å². The molecule has 1 aliphatic carbocycles. The third-order valence-corrected chi connectivity index (χ3v) is 7.49. The number of aliphatic hydroxyl groups is 1. The van der Waals surface area contributed by atoms with Crippen LogP contribution in [-0.2, 0) is 16.4 Å². The van der Waals surface area contributed by atoms with Gasteiger partial charge in [-0.2, -0.15) is 4.37 Å². The highest BCUT2D eigenvalue weighted by molar-refractivity contribution is 7.89. The zero-order valence-electron chi connectivity index (χ0n) is 18.4. The Bertz CT molecular complexity index is 1310. The fraction of sp³-hybridized carbons (Fsp3) is 0.333. The lowest BCUT2D eigenvalue weighted by atomic mass is 10.0. The fourth-order valence-electron chi connectivity index (χ4n) is 3.96. The summed E-state index contributed by atoms with van der Waals surface area (Å²) in [6.07, 6.45) is 7.07. The van der Waals surface area contributed by atoms with Gasteiger partial charge in [0.05, 0.1) is 24.0 Å². The van der Waals surface area contributed by atoms with Gasteiger partial charge in [-0.15, -0.1) is 6.42 Å². The van der Waals surface area contributed by atoms with Gasteiger partial charge in [-0.1, -0.05) is 24.1 Å². The molecule has 2 N–H and O–H groups in total. The zero-order valence-corrected chi connectivity index (χ0v) is 20.0. The van der Waals surface area contributed by atoms with Crippen molar-refractivity contribution < 1.29 is 18.3 Å². The highest BCUT2D eigenvalue weighted by Gasteiger charge is 2.29. The molecule has 0 fully saturated rings. The maximum Gasteiger partial charge on any atom is 0.214 e. The number of nitrogens with zero attached hydrogens (tertiary/aromatic N) is 2. The minimum Gasteiger partial charge on any atom is -0.490 e. The number of nitrogens with one attached hydrogen (secondary N) is 1. The Morgan fingerprint density at radius 2 is 2.15 bits per heavy atom. The van der Waals surface area contributed by atoms with E-state index in [1.807, 2.05) is 50.2 Å². The van der Waals surface area contributed by atoms with Gasteiger partial charge in [0, 0.05) is 17.2 Å². The molecule has 3 aromatic rings. The second-order valence-electron chi connectivity index (χ2n) is 8.07. The predicted molar refractivity (Wildman–Crippen MR) is 130 cm³/mol. The van der Waals surface area contributed by atoms with Gasteiger partial charge in [0.25, 0.3) is 0 Å². The third-order valence-electron chi connectivity index (χ3n) is 5.36. The molecule has 1 heterocycles. The molecule has 1 atom stereocenters. The second kappa shape index (κ2) is 9.61. The first kappa shape index (κ1) is 23.4. The van der Waals surface area contributed by atoms with Crippen LogP contribution in [0, 0.1) is 12.3 Å². The van der Waals surface area contributed by atoms with Crippen molar-refractivity contribution in [1.29, 1.82) is 0 Å². The number of sulfonamides is 1. The molecule has 172 valence electrons. The Hall–Kier alpha value is -2.77. The monoisotopic (exact) mass is 483 g/mol. The van der Waals surface area contributed by atoms with Crippen LogP contribution in [0.2, 0.25) is 0 Å². The molecule has 0 saturated carbocycles. The van der Waals surface area contributed by atoms with Gasteiger partial charge >= 0.3 is 0 Å². The molecule has 1 aliphatic rings. The molecule has 7 nitrogen and oxygen atoms in total. The smallest absolute Gasteiger partial charge is 0.214 e. The Morgan fingerprint density at radius 1 is 1.33 bits per heavy atom. The SMILES string of the molecule is C#Cc1cc(-c2nc(-c3cccc4c3CC[C@@H]4NS(=O)(=O)CCO)ns2)ccc1OC(C)C. The Labute approximate surface area is 198 Å². The highest BCUT2D eigenvalue weighted by Crippen LogP contribution is 2.38. The summed E-state index contributed by atoms with van der Waals surface area (Å²) in [5.41, 5.74) is 4.40. The number of ether oxygens (including phenoxy) is 1. The summed E-state index contributed by atoms with van der Waals surface area (Å²) in [5.74, 6) is 3.64. The quantitative estimate of drug-likeness (QED) is 0.475. The summed E-state index contributed by atoms with van der Waals surface area (Å²) < 4.78 is 37.3. The molecule has 9 heteroatoms. The number of terminal acetylenes is 1. The standard InChI is InChI=1S/C24H25N3O4S2/c1-4-16-14-17(8-11-22(16)31-15(2)3)24-25-23(26-32-24)20-7-5-6-19-18(20)9-10-21(19)27-33(29,30)13-12-28/h1,5-8,11,14-15,21,27-28H,9-10,12-13H2,2-3H3/t21-/m0/s1. The lowest BCUT2D eigenvalue weighted by Crippen LogP contribution is -2.30. The number of aromatic nitrogens is 2. The lowest BCUT2D eigenvalue weighted by Gasteiger charge is -2.14. The maximum absolute atomic E-state index is 12.1. The number of hydrogen-bond donors (Lipinski definition) is 2. The van der Waals surface area contributed by atoms with Crippen molar-refractivity contribution in [3.05, 3.63) is 53.1 Å². The number of aliphatic hydroxyl groups excluding tert-OH is 1. The first-order valence-corrected chi connectivity index (χ1v) is 13.1. The lowest BCUT2D eigenvalue weighted by molar-refractivity contribution is 0.242. The van der Waals surface area contributed by atoms with Gasteiger partial charge < -0.3 is 9.84 Å². The van der Waals surface area contributed by atoms with Crippen LogP contribution in [-0.4, -0.2) is 41.3 Å². The summed E-state index contributed by atoms with van der Waals surface area (Å²) in [7, 11) is -3.54. The Morgan fingerprint density at radius 3 is 2.88 bits per heavy atom. The molecule has 0 spiro atoms. The van der Waals surface area contributed by atoms with E-state index in [0.717, 1.165) is 33.7 Å². The number of benzene rings is 2. The summed E-state index contributed by atoms with van der Waals surface area (Å²) in [5, 5.41) is 9.74. The van der Waals surface area contributed by atoms with Crippen molar-refractivity contribution in [1.82, 2.24) is 14.1 Å². The molecular weight excluding hydrogens is 458 g/mol. The third kappa shape index (κ3) is 5.09. The van der Waals surface area contributed by atoms with Crippen molar-refractivity contribution in [2.24, 2.45) is 0 Å². The molecule has 0 unspecified atom stereocenters. The number of rotatable bonds is 8. The number of fused-ring (bicyclic) bond motifs is 1. The van der Waals surface area contributed by atoms with Gasteiger partial charge in [-0.25, -0.2) is 18.1 Å². The average molecular weight is 484 g/mol. The molecule has 1 aromatic heterocycles. The van der Waals surface area contributed by atoms with E-state index in [1.165, 1.54) is 11.5 Å². The van der Waals surface area contributed by atoms with Crippen LogP contribution >= 0.6 is 11.5 Å². The van der Waals surface area contributed by atoms with E-state index in [-0.39, 0.29) is 17.9 Å². The molecule has 0 aliphatic heterocycles. The highest BCUT2D eigenvalue weighted by atomic mass is 32.2. The van der Waals surface area contributed by atoms with Gasteiger partial charge in [0.15, 0.2) is 5.82 Å². The van der Waals surface area contributed by atoms with Crippen molar-refractivity contribution >= 4 is 21.6 Å². The van der Waals surface area contributed by atoms with E-state index < -0.39 is 16.6 Å². The molecule has 0 amide bonds. The second-order valence-corrected chi connectivity index (χ2v) is 10.7. The summed E-state index contributed by atoms with van der Waals surface area (Å²) in [6, 6.07) is 11.1. The first-order chi connectivity index (χ1) is 15.8. The molecule has 2 aromatic carbocycles. The van der Waals surface area contributed by atoms with Gasteiger partial charge in [-0.05, 0) is 67.5 Å². The minimum absolute atomic E-state index is 0.0215. The molecule has 33 heavy (non-hydrogen) atoms. The van der Waals surface area contributed by atoms with E-state index >= 15 is 0 Å². The molecular formula is C24H25N3O4S2. The molecule has 0 bridgehead atoms. The molecule has 0 radical (unpaired) electrons. The summed E-state index contributed by atoms with van der Waals surface area (Å²) in [4.78, 5) is 4.75. The maximum atomic E-state index is 12.1. The number of hydrogen-bond acceptors (Lipinski definition) is 7. The molecule has 0 saturated heterocycles. The van der Waals surface area contributed by atoms with E-state index in [4.69, 9.17) is 21.3 Å². The van der Waals surface area contributed by atoms with Crippen LogP contribution < -0.4 is 9.46 Å². The predicted octanol–water partition coefficient (Wildman–Crippen LogP) is 3.54. The minimum atomic E-state index is -3.54. The van der Waals surface area contributed by atoms with Crippen LogP contribution in [0.3, 0.4) is 0 Å². The largest absolute Gasteiger partial charge is 0.490 e. The van der Waals surface area contributed by atoms with Gasteiger partial charge in [-0.3, -0.25) is 0 Å². The average Bonchev–Trinajstić information content (AvgIpc) is 3.41. The Kier molecular flexibility index (Phi) is 6.81. The molecule has 4 rings (SSSR count). The van der Waals surface area contributed by atoms with Crippen molar-refractivity contribution in [2.75, 3.05) is 12.4 Å². The van der Waals surface area contributed by atoms with Crippen LogP contribution in [0.25, 0.3) is 22.0 Å². The van der Waals surface area contributed by atoms with Gasteiger partial charge in [0.1, 0.15) is 10.8 Å². The normalized spacial score (nSPS) is 15.4. The first-order valence-electron chi connectivity index (χ1n) is 10.7. The summed E-state index contributed by atoms with van der Waals surface area (Å²) in [6.45, 7) is 3.49. The van der Waals surface area contributed by atoms with E-state index in [0.29, 0.717) is 23.6 Å². The van der Waals surface area contributed by atoms with E-state index in [9.17, 15) is 8.42 Å². The van der Waals surface area contributed by atoms with Crippen LogP contribution in [0.4, 0.5) is 0 Å². The fourth-order valence-corrected chi connectivity index (χ4v) is 5.67. The summed E-state index contributed by atoms with van der Waals surface area (Å²) >= 11 is 1.29. The van der Waals surface area contributed by atoms with Crippen LogP contribution in [0.1, 0.15) is 43.0 Å². The van der Waals surface area contributed by atoms with Crippen molar-refractivity contribution in [3.8, 4) is 40.1 Å². The topological polar surface area (TPSA) is 101 Å².